The van der Waals surface area contributed by atoms with Crippen LogP contribution in [0.15, 0.2) is 54.7 Å². The van der Waals surface area contributed by atoms with E-state index in [0.717, 1.165) is 27.7 Å². The molecule has 2 heterocycles. The minimum atomic E-state index is -0.360. The molecule has 4 aromatic rings. The Morgan fingerprint density at radius 2 is 1.81 bits per heavy atom. The van der Waals surface area contributed by atoms with Crippen LogP contribution in [0.1, 0.15) is 26.3 Å². The number of nitrogens with one attached hydrogen (secondary N) is 3. The molecular formula is C24H26N6O2. The maximum atomic E-state index is 12.6. The predicted octanol–water partition coefficient (Wildman–Crippen LogP) is 5.16. The maximum Gasteiger partial charge on any atom is 0.323 e. The van der Waals surface area contributed by atoms with Gasteiger partial charge < -0.3 is 21.1 Å². The highest BCUT2D eigenvalue weighted by molar-refractivity contribution is 6.02. The van der Waals surface area contributed by atoms with Gasteiger partial charge in [-0.25, -0.2) is 4.79 Å². The first-order valence-electron chi connectivity index (χ1n) is 10.2. The molecule has 5 N–H and O–H groups in total. The number of carbonyl (C=O) groups excluding carboxylic acids is 1. The lowest BCUT2D eigenvalue weighted by atomic mass is 9.87. The highest BCUT2D eigenvalue weighted by Gasteiger charge is 2.17. The number of H-pyrrole nitrogens is 1. The van der Waals surface area contributed by atoms with Crippen LogP contribution in [-0.2, 0) is 5.41 Å². The van der Waals surface area contributed by atoms with E-state index in [2.05, 4.69) is 46.6 Å². The fourth-order valence-corrected chi connectivity index (χ4v) is 3.48. The second kappa shape index (κ2) is 8.22. The van der Waals surface area contributed by atoms with Gasteiger partial charge in [0.15, 0.2) is 5.82 Å². The van der Waals surface area contributed by atoms with E-state index in [0.29, 0.717) is 22.9 Å². The fourth-order valence-electron chi connectivity index (χ4n) is 3.48. The van der Waals surface area contributed by atoms with Gasteiger partial charge in [0.1, 0.15) is 5.75 Å². The van der Waals surface area contributed by atoms with Gasteiger partial charge in [-0.2, -0.15) is 5.10 Å². The summed E-state index contributed by atoms with van der Waals surface area (Å²) in [5.74, 6) is 0.997. The Hall–Kier alpha value is -4.07. The summed E-state index contributed by atoms with van der Waals surface area (Å²) in [7, 11) is 1.58. The molecule has 0 aliphatic heterocycles. The zero-order valence-corrected chi connectivity index (χ0v) is 18.5. The van der Waals surface area contributed by atoms with E-state index in [4.69, 9.17) is 10.5 Å². The number of carbonyl (C=O) groups is 1. The van der Waals surface area contributed by atoms with Crippen molar-refractivity contribution >= 4 is 34.1 Å². The number of aromatic amines is 1. The van der Waals surface area contributed by atoms with E-state index in [1.165, 1.54) is 0 Å². The van der Waals surface area contributed by atoms with Crippen molar-refractivity contribution in [3.8, 4) is 17.0 Å². The third kappa shape index (κ3) is 4.20. The molecule has 8 nitrogen and oxygen atoms in total. The lowest BCUT2D eigenvalue weighted by Crippen LogP contribution is -2.20. The molecule has 0 spiro atoms. The summed E-state index contributed by atoms with van der Waals surface area (Å²) in [5.41, 5.74) is 10.7. The molecule has 0 saturated carbocycles. The Balaban J connectivity index is 1.52. The second-order valence-corrected chi connectivity index (χ2v) is 8.51. The zero-order valence-electron chi connectivity index (χ0n) is 18.5. The van der Waals surface area contributed by atoms with Crippen LogP contribution in [0, 0.1) is 0 Å². The number of fused-ring (bicyclic) bond motifs is 1. The molecule has 0 atom stereocenters. The highest BCUT2D eigenvalue weighted by atomic mass is 16.5. The molecule has 32 heavy (non-hydrogen) atoms. The summed E-state index contributed by atoms with van der Waals surface area (Å²) in [6.07, 6.45) is 1.70. The Kier molecular flexibility index (Phi) is 5.44. The number of benzene rings is 2. The van der Waals surface area contributed by atoms with E-state index in [9.17, 15) is 4.79 Å². The van der Waals surface area contributed by atoms with Gasteiger partial charge in [-0.1, -0.05) is 39.0 Å². The number of pyridine rings is 1. The summed E-state index contributed by atoms with van der Waals surface area (Å²) in [6, 6.07) is 14.6. The molecule has 0 unspecified atom stereocenters. The van der Waals surface area contributed by atoms with Crippen LogP contribution in [0.5, 0.6) is 5.75 Å². The zero-order chi connectivity index (χ0) is 22.9. The van der Waals surface area contributed by atoms with Crippen LogP contribution in [0.2, 0.25) is 0 Å². The topological polar surface area (TPSA) is 118 Å². The van der Waals surface area contributed by atoms with Crippen molar-refractivity contribution in [1.29, 1.82) is 0 Å². The molecular weight excluding hydrogens is 404 g/mol. The number of nitrogen functional groups attached to an aromatic ring is 1. The van der Waals surface area contributed by atoms with Crippen LogP contribution < -0.4 is 21.1 Å². The summed E-state index contributed by atoms with van der Waals surface area (Å²) in [4.78, 5) is 17.1. The third-order valence-electron chi connectivity index (χ3n) is 5.23. The van der Waals surface area contributed by atoms with E-state index in [1.807, 2.05) is 48.5 Å². The standard InChI is InChI=1S/C24H26N6O2/c1-24(2,3)15-7-10-19(32-4)18(13-15)28-23(31)27-16-8-5-14(6-9-16)21-20-17(11-12-26-21)29-30-22(20)25/h5-13H,1-4H3,(H3,25,29,30)(H2,27,28,31). The molecule has 0 bridgehead atoms. The highest BCUT2D eigenvalue weighted by Crippen LogP contribution is 2.32. The average Bonchev–Trinajstić information content (AvgIpc) is 3.15. The van der Waals surface area contributed by atoms with Gasteiger partial charge in [0.05, 0.1) is 29.4 Å². The number of hydrogen-bond acceptors (Lipinski definition) is 5. The smallest absolute Gasteiger partial charge is 0.323 e. The molecule has 0 aliphatic carbocycles. The normalized spacial score (nSPS) is 11.4. The largest absolute Gasteiger partial charge is 0.495 e. The Morgan fingerprint density at radius 3 is 2.50 bits per heavy atom. The molecule has 4 rings (SSSR count). The van der Waals surface area contributed by atoms with Crippen LogP contribution in [0.4, 0.5) is 22.0 Å². The summed E-state index contributed by atoms with van der Waals surface area (Å²) in [6.45, 7) is 6.35. The fraction of sp³-hybridized carbons (Fsp3) is 0.208. The van der Waals surface area contributed by atoms with Crippen LogP contribution in [0.3, 0.4) is 0 Å². The Bertz CT molecular complexity index is 1270. The monoisotopic (exact) mass is 430 g/mol. The van der Waals surface area contributed by atoms with E-state index in [-0.39, 0.29) is 11.4 Å². The molecule has 8 heteroatoms. The van der Waals surface area contributed by atoms with Crippen molar-refractivity contribution < 1.29 is 9.53 Å². The van der Waals surface area contributed by atoms with Gasteiger partial charge in [0.2, 0.25) is 0 Å². The lowest BCUT2D eigenvalue weighted by Gasteiger charge is -2.21. The number of ether oxygens (including phenoxy) is 1. The number of amides is 2. The van der Waals surface area contributed by atoms with Gasteiger partial charge in [0.25, 0.3) is 0 Å². The molecule has 0 fully saturated rings. The first kappa shape index (κ1) is 21.2. The number of anilines is 3. The number of aromatic nitrogens is 3. The predicted molar refractivity (Wildman–Crippen MR) is 128 cm³/mol. The third-order valence-corrected chi connectivity index (χ3v) is 5.23. The number of urea groups is 1. The minimum Gasteiger partial charge on any atom is -0.495 e. The maximum absolute atomic E-state index is 12.6. The van der Waals surface area contributed by atoms with Gasteiger partial charge in [-0.15, -0.1) is 0 Å². The second-order valence-electron chi connectivity index (χ2n) is 8.51. The van der Waals surface area contributed by atoms with Crippen molar-refractivity contribution in [3.63, 3.8) is 0 Å². The van der Waals surface area contributed by atoms with Gasteiger partial charge in [0, 0.05) is 17.4 Å². The SMILES string of the molecule is COc1ccc(C(C)(C)C)cc1NC(=O)Nc1ccc(-c2nccc3[nH]nc(N)c23)cc1. The van der Waals surface area contributed by atoms with E-state index < -0.39 is 0 Å². The quantitative estimate of drug-likeness (QED) is 0.357. The molecule has 0 radical (unpaired) electrons. The lowest BCUT2D eigenvalue weighted by molar-refractivity contribution is 0.262. The van der Waals surface area contributed by atoms with Crippen molar-refractivity contribution in [2.45, 2.75) is 26.2 Å². The summed E-state index contributed by atoms with van der Waals surface area (Å²) in [5, 5.41) is 13.5. The number of nitrogens with two attached hydrogens (primary N) is 1. The molecule has 2 amide bonds. The first-order valence-corrected chi connectivity index (χ1v) is 10.2. The Labute approximate surface area is 186 Å². The molecule has 0 aliphatic rings. The first-order chi connectivity index (χ1) is 15.3. The number of nitrogens with zero attached hydrogens (tertiary/aromatic N) is 2. The van der Waals surface area contributed by atoms with Crippen molar-refractivity contribution in [2.75, 3.05) is 23.5 Å². The van der Waals surface area contributed by atoms with Gasteiger partial charge >= 0.3 is 6.03 Å². The molecule has 2 aromatic heterocycles. The van der Waals surface area contributed by atoms with Crippen molar-refractivity contribution in [2.24, 2.45) is 0 Å². The minimum absolute atomic E-state index is 0.0513. The number of rotatable bonds is 4. The van der Waals surface area contributed by atoms with Crippen LogP contribution in [-0.4, -0.2) is 28.3 Å². The van der Waals surface area contributed by atoms with Crippen LogP contribution >= 0.6 is 0 Å². The number of hydrogen-bond donors (Lipinski definition) is 4. The van der Waals surface area contributed by atoms with Gasteiger partial charge in [-0.05, 0) is 41.3 Å². The summed E-state index contributed by atoms with van der Waals surface area (Å²) < 4.78 is 5.40. The molecule has 2 aromatic carbocycles. The van der Waals surface area contributed by atoms with Crippen molar-refractivity contribution in [3.05, 3.63) is 60.3 Å². The van der Waals surface area contributed by atoms with Crippen molar-refractivity contribution in [1.82, 2.24) is 15.2 Å². The van der Waals surface area contributed by atoms with Crippen LogP contribution in [0.25, 0.3) is 22.2 Å². The Morgan fingerprint density at radius 1 is 1.06 bits per heavy atom. The number of methoxy groups -OCH3 is 1. The van der Waals surface area contributed by atoms with E-state index in [1.54, 1.807) is 13.3 Å². The van der Waals surface area contributed by atoms with Gasteiger partial charge in [-0.3, -0.25) is 10.1 Å². The molecule has 0 saturated heterocycles. The average molecular weight is 431 g/mol. The van der Waals surface area contributed by atoms with E-state index >= 15 is 0 Å². The molecule has 164 valence electrons. The summed E-state index contributed by atoms with van der Waals surface area (Å²) >= 11 is 0.